The Balaban J connectivity index is 2.22. The van der Waals surface area contributed by atoms with E-state index < -0.39 is 0 Å². The lowest BCUT2D eigenvalue weighted by molar-refractivity contribution is 0.197. The number of nitrogens with zero attached hydrogens (tertiary/aromatic N) is 3. The highest BCUT2D eigenvalue weighted by atomic mass is 32.1. The number of methoxy groups -OCH3 is 1. The summed E-state index contributed by atoms with van der Waals surface area (Å²) < 4.78 is 6.92. The van der Waals surface area contributed by atoms with Crippen LogP contribution in [0.4, 0.5) is 0 Å². The normalized spacial score (nSPS) is 12.8. The summed E-state index contributed by atoms with van der Waals surface area (Å²) in [6.07, 6.45) is 3.87. The molecule has 2 heterocycles. The monoisotopic (exact) mass is 266 g/mol. The first-order valence-corrected chi connectivity index (χ1v) is 6.72. The fraction of sp³-hybridized carbons (Fsp3) is 0.500. The summed E-state index contributed by atoms with van der Waals surface area (Å²) in [5, 5.41) is 10.9. The summed E-state index contributed by atoms with van der Waals surface area (Å²) in [6.45, 7) is 3.49. The van der Waals surface area contributed by atoms with E-state index in [4.69, 9.17) is 4.74 Å². The van der Waals surface area contributed by atoms with Gasteiger partial charge >= 0.3 is 0 Å². The molecule has 0 bridgehead atoms. The van der Waals surface area contributed by atoms with Crippen LogP contribution in [0.25, 0.3) is 0 Å². The number of aromatic nitrogens is 3. The van der Waals surface area contributed by atoms with Gasteiger partial charge in [-0.25, -0.2) is 4.98 Å². The third-order valence-electron chi connectivity index (χ3n) is 2.72. The van der Waals surface area contributed by atoms with Gasteiger partial charge in [-0.3, -0.25) is 4.68 Å². The Morgan fingerprint density at radius 1 is 1.56 bits per heavy atom. The lowest BCUT2D eigenvalue weighted by atomic mass is 10.1. The lowest BCUT2D eigenvalue weighted by Crippen LogP contribution is -2.26. The Kier molecular flexibility index (Phi) is 4.46. The standard InChI is InChI=1S/C12H18N4OS/c1-9-10(8-16(2)15-9)11(13-4-6-17-3)12-14-5-7-18-12/h5,7-8,11,13H,4,6H2,1-3H3. The van der Waals surface area contributed by atoms with Gasteiger partial charge in [0, 0.05) is 44.0 Å². The van der Waals surface area contributed by atoms with Crippen molar-refractivity contribution in [1.29, 1.82) is 0 Å². The van der Waals surface area contributed by atoms with Crippen molar-refractivity contribution >= 4 is 11.3 Å². The van der Waals surface area contributed by atoms with E-state index in [0.29, 0.717) is 6.61 Å². The highest BCUT2D eigenvalue weighted by Crippen LogP contribution is 2.25. The molecule has 0 fully saturated rings. The smallest absolute Gasteiger partial charge is 0.114 e. The molecular weight excluding hydrogens is 248 g/mol. The van der Waals surface area contributed by atoms with Crippen LogP contribution in [0.3, 0.4) is 0 Å². The number of hydrogen-bond acceptors (Lipinski definition) is 5. The van der Waals surface area contributed by atoms with Gasteiger partial charge in [-0.2, -0.15) is 5.10 Å². The molecule has 18 heavy (non-hydrogen) atoms. The molecule has 1 atom stereocenters. The molecule has 2 rings (SSSR count). The van der Waals surface area contributed by atoms with Crippen molar-refractivity contribution in [2.24, 2.45) is 7.05 Å². The highest BCUT2D eigenvalue weighted by Gasteiger charge is 2.20. The van der Waals surface area contributed by atoms with Gasteiger partial charge in [-0.15, -0.1) is 11.3 Å². The minimum absolute atomic E-state index is 0.0915. The molecule has 0 saturated heterocycles. The fourth-order valence-electron chi connectivity index (χ4n) is 1.91. The first-order chi connectivity index (χ1) is 8.72. The van der Waals surface area contributed by atoms with Crippen LogP contribution < -0.4 is 5.32 Å². The van der Waals surface area contributed by atoms with Crippen LogP contribution in [0.15, 0.2) is 17.8 Å². The Morgan fingerprint density at radius 2 is 2.39 bits per heavy atom. The molecule has 98 valence electrons. The first-order valence-electron chi connectivity index (χ1n) is 5.84. The maximum absolute atomic E-state index is 5.08. The maximum atomic E-state index is 5.08. The van der Waals surface area contributed by atoms with Gasteiger partial charge in [0.1, 0.15) is 5.01 Å². The minimum Gasteiger partial charge on any atom is -0.383 e. The van der Waals surface area contributed by atoms with Crippen molar-refractivity contribution in [2.75, 3.05) is 20.3 Å². The van der Waals surface area contributed by atoms with Gasteiger partial charge in [0.2, 0.25) is 0 Å². The largest absolute Gasteiger partial charge is 0.383 e. The predicted molar refractivity (Wildman–Crippen MR) is 71.8 cm³/mol. The van der Waals surface area contributed by atoms with Gasteiger partial charge in [0.15, 0.2) is 0 Å². The van der Waals surface area contributed by atoms with Gasteiger partial charge in [-0.05, 0) is 6.92 Å². The fourth-order valence-corrected chi connectivity index (χ4v) is 2.64. The molecule has 0 aliphatic rings. The molecule has 0 amide bonds. The average Bonchev–Trinajstić information content (AvgIpc) is 2.95. The number of aryl methyl sites for hydroxylation is 2. The Morgan fingerprint density at radius 3 is 2.94 bits per heavy atom. The van der Waals surface area contributed by atoms with Crippen LogP contribution in [0.5, 0.6) is 0 Å². The summed E-state index contributed by atoms with van der Waals surface area (Å²) in [6, 6.07) is 0.0915. The summed E-state index contributed by atoms with van der Waals surface area (Å²) in [4.78, 5) is 4.40. The van der Waals surface area contributed by atoms with Crippen molar-refractivity contribution in [3.8, 4) is 0 Å². The second-order valence-electron chi connectivity index (χ2n) is 4.09. The maximum Gasteiger partial charge on any atom is 0.114 e. The third-order valence-corrected chi connectivity index (χ3v) is 3.56. The summed E-state index contributed by atoms with van der Waals surface area (Å²) in [5.74, 6) is 0. The topological polar surface area (TPSA) is 52.0 Å². The average molecular weight is 266 g/mol. The minimum atomic E-state index is 0.0915. The summed E-state index contributed by atoms with van der Waals surface area (Å²) in [5.41, 5.74) is 2.20. The Bertz CT molecular complexity index is 480. The summed E-state index contributed by atoms with van der Waals surface area (Å²) >= 11 is 1.65. The first kappa shape index (κ1) is 13.2. The van der Waals surface area contributed by atoms with Gasteiger partial charge in [-0.1, -0.05) is 0 Å². The van der Waals surface area contributed by atoms with Crippen molar-refractivity contribution < 1.29 is 4.74 Å². The Hall–Kier alpha value is -1.24. The zero-order chi connectivity index (χ0) is 13.0. The van der Waals surface area contributed by atoms with E-state index in [2.05, 4.69) is 15.4 Å². The molecule has 0 aromatic carbocycles. The van der Waals surface area contributed by atoms with Crippen LogP contribution in [0.2, 0.25) is 0 Å². The van der Waals surface area contributed by atoms with Crippen LogP contribution in [0, 0.1) is 6.92 Å². The highest BCUT2D eigenvalue weighted by molar-refractivity contribution is 7.09. The molecule has 0 aliphatic heterocycles. The number of thiazole rings is 1. The van der Waals surface area contributed by atoms with E-state index in [0.717, 1.165) is 17.2 Å². The number of rotatable bonds is 6. The molecule has 1 unspecified atom stereocenters. The SMILES string of the molecule is COCCNC(c1nccs1)c1cn(C)nc1C. The molecule has 2 aromatic rings. The van der Waals surface area contributed by atoms with Crippen molar-refractivity contribution in [3.63, 3.8) is 0 Å². The molecular formula is C12H18N4OS. The summed E-state index contributed by atoms with van der Waals surface area (Å²) in [7, 11) is 3.64. The predicted octanol–water partition coefficient (Wildman–Crippen LogP) is 1.51. The van der Waals surface area contributed by atoms with Gasteiger partial charge < -0.3 is 10.1 Å². The molecule has 0 aliphatic carbocycles. The van der Waals surface area contributed by atoms with Crippen molar-refractivity contribution in [2.45, 2.75) is 13.0 Å². The quantitative estimate of drug-likeness (QED) is 0.805. The molecule has 2 aromatic heterocycles. The molecule has 6 heteroatoms. The van der Waals surface area contributed by atoms with Gasteiger partial charge in [0.05, 0.1) is 18.3 Å². The zero-order valence-corrected chi connectivity index (χ0v) is 11.7. The van der Waals surface area contributed by atoms with Gasteiger partial charge in [0.25, 0.3) is 0 Å². The second kappa shape index (κ2) is 6.08. The van der Waals surface area contributed by atoms with E-state index in [9.17, 15) is 0 Å². The van der Waals surface area contributed by atoms with Crippen LogP contribution in [-0.2, 0) is 11.8 Å². The Labute approximate surface area is 111 Å². The van der Waals surface area contributed by atoms with Crippen molar-refractivity contribution in [3.05, 3.63) is 34.0 Å². The van der Waals surface area contributed by atoms with E-state index in [1.165, 1.54) is 5.56 Å². The van der Waals surface area contributed by atoms with Crippen LogP contribution in [0.1, 0.15) is 22.3 Å². The van der Waals surface area contributed by atoms with E-state index in [1.54, 1.807) is 18.4 Å². The lowest BCUT2D eigenvalue weighted by Gasteiger charge is -2.15. The molecule has 0 saturated carbocycles. The number of ether oxygens (including phenoxy) is 1. The third kappa shape index (κ3) is 2.95. The van der Waals surface area contributed by atoms with E-state index >= 15 is 0 Å². The number of nitrogens with one attached hydrogen (secondary N) is 1. The molecule has 1 N–H and O–H groups in total. The molecule has 5 nitrogen and oxygen atoms in total. The zero-order valence-electron chi connectivity index (χ0n) is 10.9. The van der Waals surface area contributed by atoms with E-state index in [1.807, 2.05) is 36.4 Å². The van der Waals surface area contributed by atoms with E-state index in [-0.39, 0.29) is 6.04 Å². The molecule has 0 radical (unpaired) electrons. The molecule has 0 spiro atoms. The van der Waals surface area contributed by atoms with Crippen LogP contribution in [-0.4, -0.2) is 35.0 Å². The second-order valence-corrected chi connectivity index (χ2v) is 5.02. The van der Waals surface area contributed by atoms with Crippen molar-refractivity contribution in [1.82, 2.24) is 20.1 Å². The van der Waals surface area contributed by atoms with Crippen LogP contribution >= 0.6 is 11.3 Å². The number of hydrogen-bond donors (Lipinski definition) is 1.